The highest BCUT2D eigenvalue weighted by molar-refractivity contribution is 5.95. The van der Waals surface area contributed by atoms with E-state index >= 15 is 0 Å². The van der Waals surface area contributed by atoms with Crippen LogP contribution in [-0.4, -0.2) is 39.8 Å². The smallest absolute Gasteiger partial charge is 0.434 e. The summed E-state index contributed by atoms with van der Waals surface area (Å²) in [6, 6.07) is 12.2. The van der Waals surface area contributed by atoms with E-state index in [0.717, 1.165) is 10.9 Å². The maximum Gasteiger partial charge on any atom is 0.434 e. The van der Waals surface area contributed by atoms with Gasteiger partial charge < -0.3 is 15.7 Å². The summed E-state index contributed by atoms with van der Waals surface area (Å²) in [5, 5.41) is 18.2. The molecule has 10 heteroatoms. The first-order valence-corrected chi connectivity index (χ1v) is 9.75. The van der Waals surface area contributed by atoms with Crippen LogP contribution in [-0.2, 0) is 6.18 Å². The number of nitrogens with zero attached hydrogens (tertiary/aromatic N) is 2. The second-order valence-corrected chi connectivity index (χ2v) is 7.02. The number of aromatic hydroxyl groups is 1. The van der Waals surface area contributed by atoms with Crippen molar-refractivity contribution < 1.29 is 27.9 Å². The van der Waals surface area contributed by atoms with E-state index in [2.05, 4.69) is 15.7 Å². The van der Waals surface area contributed by atoms with Crippen molar-refractivity contribution in [3.63, 3.8) is 0 Å². The molecule has 0 atom stereocenters. The average molecular weight is 446 g/mol. The van der Waals surface area contributed by atoms with E-state index in [0.29, 0.717) is 12.0 Å². The van der Waals surface area contributed by atoms with Gasteiger partial charge in [0.15, 0.2) is 5.69 Å². The van der Waals surface area contributed by atoms with Crippen LogP contribution in [0.15, 0.2) is 54.7 Å². The van der Waals surface area contributed by atoms with Crippen molar-refractivity contribution in [2.45, 2.75) is 19.5 Å². The van der Waals surface area contributed by atoms with Crippen molar-refractivity contribution in [3.05, 3.63) is 77.1 Å². The number of aromatic nitrogens is 2. The van der Waals surface area contributed by atoms with Crippen LogP contribution in [0.1, 0.15) is 38.4 Å². The molecule has 3 aromatic rings. The van der Waals surface area contributed by atoms with Crippen LogP contribution in [0.5, 0.6) is 5.75 Å². The Morgan fingerprint density at radius 3 is 2.38 bits per heavy atom. The van der Waals surface area contributed by atoms with Crippen LogP contribution in [0, 0.1) is 6.92 Å². The fraction of sp³-hybridized carbons (Fsp3) is 0.227. The first-order valence-electron chi connectivity index (χ1n) is 9.75. The molecule has 168 valence electrons. The molecule has 0 saturated heterocycles. The Kier molecular flexibility index (Phi) is 6.82. The molecule has 1 heterocycles. The number of carbonyl (C=O) groups excluding carboxylic acids is 2. The van der Waals surface area contributed by atoms with Crippen molar-refractivity contribution in [2.24, 2.45) is 0 Å². The Balaban J connectivity index is 1.62. The second kappa shape index (κ2) is 9.54. The van der Waals surface area contributed by atoms with Gasteiger partial charge in [-0.25, -0.2) is 4.68 Å². The highest BCUT2D eigenvalue weighted by atomic mass is 19.4. The fourth-order valence-electron chi connectivity index (χ4n) is 3.11. The maximum absolute atomic E-state index is 13.7. The third kappa shape index (κ3) is 5.26. The van der Waals surface area contributed by atoms with Gasteiger partial charge in [-0.05, 0) is 43.2 Å². The molecule has 7 nitrogen and oxygen atoms in total. The fourth-order valence-corrected chi connectivity index (χ4v) is 3.11. The maximum atomic E-state index is 13.7. The third-order valence-electron chi connectivity index (χ3n) is 4.66. The van der Waals surface area contributed by atoms with Gasteiger partial charge in [-0.3, -0.25) is 9.59 Å². The molecule has 0 radical (unpaired) electrons. The molecule has 2 aromatic carbocycles. The third-order valence-corrected chi connectivity index (χ3v) is 4.66. The molecule has 32 heavy (non-hydrogen) atoms. The van der Waals surface area contributed by atoms with E-state index in [4.69, 9.17) is 0 Å². The lowest BCUT2D eigenvalue weighted by Crippen LogP contribution is -2.31. The van der Waals surface area contributed by atoms with Gasteiger partial charge in [-0.1, -0.05) is 24.3 Å². The summed E-state index contributed by atoms with van der Waals surface area (Å²) in [6.45, 7) is 1.89. The number of amides is 2. The summed E-state index contributed by atoms with van der Waals surface area (Å²) in [4.78, 5) is 24.4. The topological polar surface area (TPSA) is 96.3 Å². The van der Waals surface area contributed by atoms with Crippen molar-refractivity contribution in [1.82, 2.24) is 20.4 Å². The summed E-state index contributed by atoms with van der Waals surface area (Å²) in [7, 11) is 0. The molecule has 0 unspecified atom stereocenters. The van der Waals surface area contributed by atoms with Crippen LogP contribution in [0.3, 0.4) is 0 Å². The minimum absolute atomic E-state index is 0.0448. The Morgan fingerprint density at radius 1 is 1.03 bits per heavy atom. The monoisotopic (exact) mass is 446 g/mol. The number of aryl methyl sites for hydroxylation is 1. The van der Waals surface area contributed by atoms with Gasteiger partial charge in [0.2, 0.25) is 0 Å². The molecular formula is C22H21F3N4O3. The molecule has 0 fully saturated rings. The zero-order valence-electron chi connectivity index (χ0n) is 17.1. The van der Waals surface area contributed by atoms with Crippen LogP contribution < -0.4 is 10.6 Å². The Morgan fingerprint density at radius 2 is 1.72 bits per heavy atom. The molecule has 2 amide bonds. The van der Waals surface area contributed by atoms with Gasteiger partial charge in [0.1, 0.15) is 5.75 Å². The molecular weight excluding hydrogens is 425 g/mol. The van der Waals surface area contributed by atoms with Crippen LogP contribution >= 0.6 is 0 Å². The number of phenols is 1. The number of benzene rings is 2. The molecule has 0 saturated carbocycles. The van der Waals surface area contributed by atoms with Crippen molar-refractivity contribution in [1.29, 1.82) is 0 Å². The van der Waals surface area contributed by atoms with Gasteiger partial charge in [0, 0.05) is 18.7 Å². The quantitative estimate of drug-likeness (QED) is 0.485. The highest BCUT2D eigenvalue weighted by Crippen LogP contribution is 2.34. The first kappa shape index (κ1) is 22.9. The molecule has 0 aliphatic rings. The van der Waals surface area contributed by atoms with Crippen molar-refractivity contribution >= 4 is 11.8 Å². The predicted molar refractivity (Wildman–Crippen MR) is 111 cm³/mol. The number of nitrogens with one attached hydrogen (secondary N) is 2. The lowest BCUT2D eigenvalue weighted by molar-refractivity contribution is -0.143. The molecule has 3 rings (SSSR count). The Hall–Kier alpha value is -3.82. The zero-order chi connectivity index (χ0) is 23.3. The normalized spacial score (nSPS) is 11.2. The molecule has 1 aromatic heterocycles. The molecule has 0 bridgehead atoms. The molecule has 0 spiro atoms. The molecule has 0 aliphatic heterocycles. The number of halogens is 3. The minimum Gasteiger partial charge on any atom is -0.508 e. The number of carbonyl (C=O) groups is 2. The van der Waals surface area contributed by atoms with E-state index in [9.17, 15) is 27.9 Å². The van der Waals surface area contributed by atoms with E-state index in [1.54, 1.807) is 25.1 Å². The number of rotatable bonds is 7. The zero-order valence-corrected chi connectivity index (χ0v) is 17.1. The Bertz CT molecular complexity index is 1130. The summed E-state index contributed by atoms with van der Waals surface area (Å²) in [6.07, 6.45) is -3.60. The van der Waals surface area contributed by atoms with E-state index in [1.807, 2.05) is 0 Å². The lowest BCUT2D eigenvalue weighted by Gasteiger charge is -2.14. The number of phenolic OH excluding ortho intramolecular Hbond substituents is 1. The van der Waals surface area contributed by atoms with Gasteiger partial charge >= 0.3 is 6.18 Å². The SMILES string of the molecule is Cc1ccccc1-n1ncc(C(=O)NCCCNC(=O)c2cccc(O)c2)c1C(F)(F)F. The van der Waals surface area contributed by atoms with Crippen molar-refractivity contribution in [3.8, 4) is 11.4 Å². The van der Waals surface area contributed by atoms with Crippen LogP contribution in [0.2, 0.25) is 0 Å². The molecule has 3 N–H and O–H groups in total. The number of alkyl halides is 3. The van der Waals surface area contributed by atoms with Gasteiger partial charge in [0.25, 0.3) is 11.8 Å². The highest BCUT2D eigenvalue weighted by Gasteiger charge is 2.40. The summed E-state index contributed by atoms with van der Waals surface area (Å²) < 4.78 is 41.9. The predicted octanol–water partition coefficient (Wildman–Crippen LogP) is 3.46. The molecule has 0 aliphatic carbocycles. The largest absolute Gasteiger partial charge is 0.508 e. The number of hydrogen-bond acceptors (Lipinski definition) is 4. The standard InChI is InChI=1S/C22H21F3N4O3/c1-14-6-2-3-9-18(14)29-19(22(23,24)25)17(13-28-29)21(32)27-11-5-10-26-20(31)15-7-4-8-16(30)12-15/h2-4,6-9,12-13,30H,5,10-11H2,1H3,(H,26,31)(H,27,32). The minimum atomic E-state index is -4.79. The lowest BCUT2D eigenvalue weighted by atomic mass is 10.1. The van der Waals surface area contributed by atoms with Crippen molar-refractivity contribution in [2.75, 3.05) is 13.1 Å². The van der Waals surface area contributed by atoms with Crippen LogP contribution in [0.4, 0.5) is 13.2 Å². The number of para-hydroxylation sites is 1. The van der Waals surface area contributed by atoms with Gasteiger partial charge in [-0.2, -0.15) is 18.3 Å². The average Bonchev–Trinajstić information content (AvgIpc) is 3.19. The van der Waals surface area contributed by atoms with E-state index < -0.39 is 29.2 Å². The second-order valence-electron chi connectivity index (χ2n) is 7.02. The summed E-state index contributed by atoms with van der Waals surface area (Å²) in [5.41, 5.74) is -0.650. The van der Waals surface area contributed by atoms with Crippen LogP contribution in [0.25, 0.3) is 5.69 Å². The van der Waals surface area contributed by atoms with Gasteiger partial charge in [0.05, 0.1) is 17.4 Å². The summed E-state index contributed by atoms with van der Waals surface area (Å²) >= 11 is 0. The number of hydrogen-bond donors (Lipinski definition) is 3. The first-order chi connectivity index (χ1) is 15.2. The van der Waals surface area contributed by atoms with E-state index in [1.165, 1.54) is 30.3 Å². The van der Waals surface area contributed by atoms with Gasteiger partial charge in [-0.15, -0.1) is 0 Å². The Labute approximate surface area is 181 Å². The summed E-state index contributed by atoms with van der Waals surface area (Å²) in [5.74, 6) is -1.36. The van der Waals surface area contributed by atoms with E-state index in [-0.39, 0.29) is 30.1 Å².